The Morgan fingerprint density at radius 1 is 1.11 bits per heavy atom. The molecule has 35 heavy (non-hydrogen) atoms. The van der Waals surface area contributed by atoms with E-state index in [0.29, 0.717) is 22.9 Å². The SMILES string of the molecule is Cc1cc(NC(=O)C(O)c2cc(F)cc(F)c2)ccc1-c1nc(C(O)(O)O)n2c(C)cnc(N)c12. The number of anilines is 2. The zero-order valence-electron chi connectivity index (χ0n) is 18.5. The van der Waals surface area contributed by atoms with Gasteiger partial charge in [-0.25, -0.2) is 18.7 Å². The molecule has 4 rings (SSSR count). The number of fused-ring (bicyclic) bond motifs is 1. The molecule has 182 valence electrons. The first kappa shape index (κ1) is 24.2. The maximum atomic E-state index is 13.4. The normalized spacial score (nSPS) is 12.7. The van der Waals surface area contributed by atoms with Crippen molar-refractivity contribution in [1.29, 1.82) is 0 Å². The van der Waals surface area contributed by atoms with Gasteiger partial charge in [0.1, 0.15) is 28.7 Å². The average Bonchev–Trinajstić information content (AvgIpc) is 3.17. The molecule has 0 spiro atoms. The third-order valence-electron chi connectivity index (χ3n) is 5.36. The van der Waals surface area contributed by atoms with Crippen LogP contribution in [0.15, 0.2) is 42.6 Å². The van der Waals surface area contributed by atoms with Gasteiger partial charge in [0.15, 0.2) is 6.10 Å². The van der Waals surface area contributed by atoms with Crippen LogP contribution >= 0.6 is 0 Å². The van der Waals surface area contributed by atoms with E-state index in [0.717, 1.165) is 12.1 Å². The minimum Gasteiger partial charge on any atom is -0.382 e. The van der Waals surface area contributed by atoms with Crippen molar-refractivity contribution >= 4 is 22.9 Å². The molecule has 0 aliphatic rings. The number of nitrogen functional groups attached to an aromatic ring is 1. The first-order valence-electron chi connectivity index (χ1n) is 10.2. The maximum Gasteiger partial charge on any atom is 0.339 e. The highest BCUT2D eigenvalue weighted by Crippen LogP contribution is 2.34. The number of aliphatic hydroxyl groups excluding tert-OH is 1. The molecule has 1 atom stereocenters. The lowest BCUT2D eigenvalue weighted by Crippen LogP contribution is -2.27. The molecule has 0 aliphatic carbocycles. The smallest absolute Gasteiger partial charge is 0.339 e. The van der Waals surface area contributed by atoms with Crippen molar-refractivity contribution in [2.75, 3.05) is 11.1 Å². The lowest BCUT2D eigenvalue weighted by atomic mass is 10.0. The van der Waals surface area contributed by atoms with Gasteiger partial charge in [-0.3, -0.25) is 9.20 Å². The van der Waals surface area contributed by atoms with Crippen LogP contribution in [0.25, 0.3) is 16.8 Å². The Kier molecular flexibility index (Phi) is 5.99. The first-order valence-corrected chi connectivity index (χ1v) is 10.2. The van der Waals surface area contributed by atoms with E-state index in [4.69, 9.17) is 5.73 Å². The summed E-state index contributed by atoms with van der Waals surface area (Å²) < 4.78 is 28.1. The van der Waals surface area contributed by atoms with E-state index >= 15 is 0 Å². The van der Waals surface area contributed by atoms with E-state index in [1.54, 1.807) is 26.0 Å². The van der Waals surface area contributed by atoms with Gasteiger partial charge in [0.2, 0.25) is 5.82 Å². The minimum absolute atomic E-state index is 0.0239. The molecular weight excluding hydrogens is 464 g/mol. The Morgan fingerprint density at radius 3 is 2.37 bits per heavy atom. The molecule has 0 fully saturated rings. The van der Waals surface area contributed by atoms with Crippen LogP contribution in [-0.4, -0.2) is 40.7 Å². The second-order valence-corrected chi connectivity index (χ2v) is 8.01. The number of aliphatic hydroxyl groups is 4. The molecule has 4 aromatic rings. The van der Waals surface area contributed by atoms with Crippen molar-refractivity contribution in [2.45, 2.75) is 25.9 Å². The van der Waals surface area contributed by atoms with Gasteiger partial charge in [-0.2, -0.15) is 0 Å². The number of halogens is 2. The zero-order valence-corrected chi connectivity index (χ0v) is 18.5. The number of amides is 1. The van der Waals surface area contributed by atoms with Crippen LogP contribution in [-0.2, 0) is 10.8 Å². The highest BCUT2D eigenvalue weighted by molar-refractivity contribution is 5.95. The number of rotatable bonds is 5. The molecule has 10 nitrogen and oxygen atoms in total. The number of carbonyl (C=O) groups excluding carboxylic acids is 1. The first-order chi connectivity index (χ1) is 16.4. The van der Waals surface area contributed by atoms with Crippen LogP contribution in [0, 0.1) is 25.5 Å². The number of hydrogen-bond acceptors (Lipinski definition) is 8. The second-order valence-electron chi connectivity index (χ2n) is 8.01. The van der Waals surface area contributed by atoms with Crippen LogP contribution < -0.4 is 11.1 Å². The van der Waals surface area contributed by atoms with Crippen LogP contribution in [0.5, 0.6) is 0 Å². The van der Waals surface area contributed by atoms with Crippen LogP contribution in [0.1, 0.15) is 28.7 Å². The summed E-state index contributed by atoms with van der Waals surface area (Å²) in [5, 5.41) is 42.1. The van der Waals surface area contributed by atoms with Gasteiger partial charge < -0.3 is 31.5 Å². The van der Waals surface area contributed by atoms with Gasteiger partial charge in [-0.15, -0.1) is 0 Å². The van der Waals surface area contributed by atoms with E-state index in [1.165, 1.54) is 16.7 Å². The molecule has 2 aromatic heterocycles. The molecule has 2 heterocycles. The number of imidazole rings is 1. The second kappa shape index (κ2) is 8.67. The fourth-order valence-electron chi connectivity index (χ4n) is 3.80. The molecular formula is C23H21F2N5O5. The number of hydrogen-bond donors (Lipinski definition) is 6. The van der Waals surface area contributed by atoms with Crippen molar-refractivity contribution in [3.05, 3.63) is 76.9 Å². The average molecular weight is 485 g/mol. The third-order valence-corrected chi connectivity index (χ3v) is 5.36. The summed E-state index contributed by atoms with van der Waals surface area (Å²) in [5.41, 5.74) is 7.92. The third kappa shape index (κ3) is 4.55. The number of carbonyl (C=O) groups is 1. The van der Waals surface area contributed by atoms with Crippen LogP contribution in [0.2, 0.25) is 0 Å². The fourth-order valence-corrected chi connectivity index (χ4v) is 3.80. The van der Waals surface area contributed by atoms with Crippen molar-refractivity contribution in [3.8, 4) is 11.3 Å². The molecule has 12 heteroatoms. The largest absolute Gasteiger partial charge is 0.382 e. The van der Waals surface area contributed by atoms with E-state index in [1.807, 2.05) is 0 Å². The van der Waals surface area contributed by atoms with E-state index < -0.39 is 35.4 Å². The van der Waals surface area contributed by atoms with Gasteiger partial charge in [-0.05, 0) is 49.2 Å². The standard InChI is InChI=1S/C23H21F2N5O5/c1-10-5-15(28-21(32)19(31)12-6-13(24)8-14(25)7-12)3-4-16(10)17-18-20(26)27-9-11(2)30(18)22(29-17)23(33,34)35/h3-9,19,31,33-35H,1-2H3,(H2,26,27)(H,28,32). The van der Waals surface area contributed by atoms with Crippen molar-refractivity contribution in [3.63, 3.8) is 0 Å². The van der Waals surface area contributed by atoms with E-state index in [-0.39, 0.29) is 28.3 Å². The summed E-state index contributed by atoms with van der Waals surface area (Å²) in [4.78, 5) is 20.7. The van der Waals surface area contributed by atoms with Crippen molar-refractivity contribution < 1.29 is 34.0 Å². The lowest BCUT2D eigenvalue weighted by molar-refractivity contribution is -0.329. The summed E-state index contributed by atoms with van der Waals surface area (Å²) in [5.74, 6) is -6.49. The molecule has 0 radical (unpaired) electrons. The van der Waals surface area contributed by atoms with Gasteiger partial charge in [-0.1, -0.05) is 6.07 Å². The Bertz CT molecular complexity index is 1440. The van der Waals surface area contributed by atoms with Gasteiger partial charge in [0.25, 0.3) is 5.91 Å². The maximum absolute atomic E-state index is 13.4. The molecule has 7 N–H and O–H groups in total. The topological polar surface area (TPSA) is 166 Å². The predicted molar refractivity (Wildman–Crippen MR) is 121 cm³/mol. The number of nitrogens with zero attached hydrogens (tertiary/aromatic N) is 3. The molecule has 1 unspecified atom stereocenters. The van der Waals surface area contributed by atoms with Crippen LogP contribution in [0.4, 0.5) is 20.3 Å². The Hall–Kier alpha value is -3.97. The highest BCUT2D eigenvalue weighted by atomic mass is 19.1. The molecule has 0 saturated heterocycles. The molecule has 0 saturated carbocycles. The Balaban J connectivity index is 1.70. The number of nitrogens with two attached hydrogens (primary N) is 1. The Morgan fingerprint density at radius 2 is 1.77 bits per heavy atom. The molecule has 1 amide bonds. The summed E-state index contributed by atoms with van der Waals surface area (Å²) >= 11 is 0. The molecule has 2 aromatic carbocycles. The molecule has 0 aliphatic heterocycles. The van der Waals surface area contributed by atoms with Crippen LogP contribution in [0.3, 0.4) is 0 Å². The Labute approximate surface area is 196 Å². The van der Waals surface area contributed by atoms with Crippen molar-refractivity contribution in [1.82, 2.24) is 14.4 Å². The quantitative estimate of drug-likeness (QED) is 0.232. The summed E-state index contributed by atoms with van der Waals surface area (Å²) in [6.45, 7) is 3.29. The monoisotopic (exact) mass is 485 g/mol. The number of nitrogens with one attached hydrogen (secondary N) is 1. The van der Waals surface area contributed by atoms with E-state index in [9.17, 15) is 34.0 Å². The van der Waals surface area contributed by atoms with E-state index in [2.05, 4.69) is 15.3 Å². The summed E-state index contributed by atoms with van der Waals surface area (Å²) in [6, 6.07) is 6.91. The highest BCUT2D eigenvalue weighted by Gasteiger charge is 2.32. The minimum atomic E-state index is -3.26. The fraction of sp³-hybridized carbons (Fsp3) is 0.174. The number of aromatic nitrogens is 3. The number of aryl methyl sites for hydroxylation is 2. The summed E-state index contributed by atoms with van der Waals surface area (Å²) in [7, 11) is 0. The predicted octanol–water partition coefficient (Wildman–Crippen LogP) is 1.63. The number of benzene rings is 2. The summed E-state index contributed by atoms with van der Waals surface area (Å²) in [6.07, 6.45) is -0.440. The van der Waals surface area contributed by atoms with Gasteiger partial charge in [0, 0.05) is 29.2 Å². The van der Waals surface area contributed by atoms with Crippen molar-refractivity contribution in [2.24, 2.45) is 0 Å². The zero-order chi connectivity index (χ0) is 25.7. The van der Waals surface area contributed by atoms with Gasteiger partial charge >= 0.3 is 5.97 Å². The lowest BCUT2D eigenvalue weighted by Gasteiger charge is -2.14. The molecule has 0 bridgehead atoms. The van der Waals surface area contributed by atoms with Gasteiger partial charge in [0.05, 0.1) is 0 Å².